The van der Waals surface area contributed by atoms with Crippen LogP contribution in [-0.2, 0) is 10.2 Å². The quantitative estimate of drug-likeness (QED) is 0.822. The minimum Gasteiger partial charge on any atom is -0.481 e. The molecule has 1 saturated carbocycles. The summed E-state index contributed by atoms with van der Waals surface area (Å²) in [6.07, 6.45) is 3.46. The molecule has 0 aliphatic heterocycles. The molecule has 1 aromatic rings. The molecule has 15 heavy (non-hydrogen) atoms. The molecule has 1 N–H and O–H groups in total. The van der Waals surface area contributed by atoms with Gasteiger partial charge in [0.25, 0.3) is 0 Å². The Balaban J connectivity index is 2.29. The van der Waals surface area contributed by atoms with Crippen molar-refractivity contribution in [2.24, 2.45) is 0 Å². The summed E-state index contributed by atoms with van der Waals surface area (Å²) in [5.74, 6) is -0.684. The first kappa shape index (κ1) is 10.2. The topological polar surface area (TPSA) is 37.3 Å². The summed E-state index contributed by atoms with van der Waals surface area (Å²) >= 11 is 0. The normalized spacial score (nSPS) is 18.2. The molecular weight excluding hydrogens is 188 g/mol. The first-order valence-electron chi connectivity index (χ1n) is 5.41. The number of hydrogen-bond donors (Lipinski definition) is 1. The van der Waals surface area contributed by atoms with E-state index < -0.39 is 5.97 Å². The molecule has 1 aromatic carbocycles. The second-order valence-electron chi connectivity index (χ2n) is 4.57. The Morgan fingerprint density at radius 3 is 2.67 bits per heavy atom. The molecule has 1 aliphatic rings. The highest BCUT2D eigenvalue weighted by atomic mass is 16.4. The van der Waals surface area contributed by atoms with Crippen molar-refractivity contribution in [2.45, 2.75) is 38.0 Å². The van der Waals surface area contributed by atoms with Gasteiger partial charge in [0.2, 0.25) is 0 Å². The lowest BCUT2D eigenvalue weighted by atomic mass is 9.62. The molecule has 0 heterocycles. The van der Waals surface area contributed by atoms with Gasteiger partial charge in [0.1, 0.15) is 0 Å². The summed E-state index contributed by atoms with van der Waals surface area (Å²) in [7, 11) is 0. The molecule has 1 aliphatic carbocycles. The average molecular weight is 204 g/mol. The molecule has 0 saturated heterocycles. The van der Waals surface area contributed by atoms with Gasteiger partial charge in [-0.25, -0.2) is 0 Å². The highest BCUT2D eigenvalue weighted by molar-refractivity contribution is 5.69. The van der Waals surface area contributed by atoms with E-state index in [4.69, 9.17) is 5.11 Å². The van der Waals surface area contributed by atoms with Crippen molar-refractivity contribution >= 4 is 5.97 Å². The summed E-state index contributed by atoms with van der Waals surface area (Å²) in [5.41, 5.74) is 2.35. The molecular formula is C13H16O2. The smallest absolute Gasteiger partial charge is 0.304 e. The summed E-state index contributed by atoms with van der Waals surface area (Å²) < 4.78 is 0. The van der Waals surface area contributed by atoms with Gasteiger partial charge in [-0.05, 0) is 25.3 Å². The Bertz CT molecular complexity index is 378. The Morgan fingerprint density at radius 1 is 1.47 bits per heavy atom. The number of hydrogen-bond acceptors (Lipinski definition) is 1. The third-order valence-corrected chi connectivity index (χ3v) is 3.43. The zero-order valence-corrected chi connectivity index (χ0v) is 8.99. The van der Waals surface area contributed by atoms with E-state index >= 15 is 0 Å². The van der Waals surface area contributed by atoms with Gasteiger partial charge in [0.05, 0.1) is 6.42 Å². The van der Waals surface area contributed by atoms with Crippen LogP contribution >= 0.6 is 0 Å². The number of carbonyl (C=O) groups is 1. The summed E-state index contributed by atoms with van der Waals surface area (Å²) in [6, 6.07) is 8.26. The van der Waals surface area contributed by atoms with Crippen molar-refractivity contribution in [3.63, 3.8) is 0 Å². The Labute approximate surface area is 89.9 Å². The molecule has 1 fully saturated rings. The molecule has 0 atom stereocenters. The molecule has 2 rings (SSSR count). The molecule has 80 valence electrons. The van der Waals surface area contributed by atoms with Gasteiger partial charge in [-0.2, -0.15) is 0 Å². The summed E-state index contributed by atoms with van der Waals surface area (Å²) in [5, 5.41) is 8.94. The lowest BCUT2D eigenvalue weighted by Gasteiger charge is -2.41. The molecule has 0 amide bonds. The van der Waals surface area contributed by atoms with E-state index in [-0.39, 0.29) is 11.8 Å². The van der Waals surface area contributed by atoms with E-state index in [9.17, 15) is 4.79 Å². The standard InChI is InChI=1S/C13H16O2/c1-10-4-2-5-11(8-10)13(6-3-7-13)9-12(14)15/h2,4-5,8H,3,6-7,9H2,1H3,(H,14,15). The summed E-state index contributed by atoms with van der Waals surface area (Å²) in [4.78, 5) is 10.9. The largest absolute Gasteiger partial charge is 0.481 e. The zero-order chi connectivity index (χ0) is 10.9. The Morgan fingerprint density at radius 2 is 2.20 bits per heavy atom. The van der Waals surface area contributed by atoms with Crippen molar-refractivity contribution in [1.82, 2.24) is 0 Å². The lowest BCUT2D eigenvalue weighted by molar-refractivity contribution is -0.139. The molecule has 0 aromatic heterocycles. The van der Waals surface area contributed by atoms with Gasteiger partial charge in [0, 0.05) is 5.41 Å². The maximum absolute atomic E-state index is 10.9. The molecule has 0 bridgehead atoms. The van der Waals surface area contributed by atoms with Gasteiger partial charge >= 0.3 is 5.97 Å². The minimum atomic E-state index is -0.684. The first-order chi connectivity index (χ1) is 7.12. The van der Waals surface area contributed by atoms with Crippen LogP contribution < -0.4 is 0 Å². The average Bonchev–Trinajstić information content (AvgIpc) is 2.11. The fraction of sp³-hybridized carbons (Fsp3) is 0.462. The van der Waals surface area contributed by atoms with Crippen LogP contribution in [0.1, 0.15) is 36.8 Å². The van der Waals surface area contributed by atoms with Crippen LogP contribution in [0.25, 0.3) is 0 Å². The highest BCUT2D eigenvalue weighted by Crippen LogP contribution is 2.46. The van der Waals surface area contributed by atoms with Crippen LogP contribution in [0, 0.1) is 6.92 Å². The second kappa shape index (κ2) is 3.69. The van der Waals surface area contributed by atoms with Gasteiger partial charge in [-0.1, -0.05) is 36.2 Å². The van der Waals surface area contributed by atoms with Crippen molar-refractivity contribution in [1.29, 1.82) is 0 Å². The second-order valence-corrected chi connectivity index (χ2v) is 4.57. The van der Waals surface area contributed by atoms with E-state index in [1.807, 2.05) is 6.07 Å². The maximum Gasteiger partial charge on any atom is 0.304 e. The molecule has 0 unspecified atom stereocenters. The monoisotopic (exact) mass is 204 g/mol. The fourth-order valence-corrected chi connectivity index (χ4v) is 2.44. The van der Waals surface area contributed by atoms with Crippen LogP contribution in [0.2, 0.25) is 0 Å². The van der Waals surface area contributed by atoms with Crippen molar-refractivity contribution in [3.05, 3.63) is 35.4 Å². The van der Waals surface area contributed by atoms with Gasteiger partial charge < -0.3 is 5.11 Å². The van der Waals surface area contributed by atoms with Crippen LogP contribution in [-0.4, -0.2) is 11.1 Å². The van der Waals surface area contributed by atoms with E-state index in [0.29, 0.717) is 0 Å². The van der Waals surface area contributed by atoms with Crippen molar-refractivity contribution < 1.29 is 9.90 Å². The lowest BCUT2D eigenvalue weighted by Crippen LogP contribution is -2.36. The minimum absolute atomic E-state index is 0.0716. The van der Waals surface area contributed by atoms with Crippen LogP contribution in [0.3, 0.4) is 0 Å². The number of aryl methyl sites for hydroxylation is 1. The molecule has 2 heteroatoms. The van der Waals surface area contributed by atoms with Crippen LogP contribution in [0.5, 0.6) is 0 Å². The van der Waals surface area contributed by atoms with E-state index in [1.165, 1.54) is 11.1 Å². The first-order valence-corrected chi connectivity index (χ1v) is 5.41. The van der Waals surface area contributed by atoms with E-state index in [0.717, 1.165) is 19.3 Å². The number of rotatable bonds is 3. The van der Waals surface area contributed by atoms with Crippen molar-refractivity contribution in [2.75, 3.05) is 0 Å². The number of carboxylic acids is 1. The Hall–Kier alpha value is -1.31. The van der Waals surface area contributed by atoms with Crippen LogP contribution in [0.15, 0.2) is 24.3 Å². The maximum atomic E-state index is 10.9. The van der Waals surface area contributed by atoms with E-state index in [1.54, 1.807) is 0 Å². The van der Waals surface area contributed by atoms with Gasteiger partial charge in [-0.15, -0.1) is 0 Å². The number of aliphatic carboxylic acids is 1. The summed E-state index contributed by atoms with van der Waals surface area (Å²) in [6.45, 7) is 2.05. The molecule has 0 spiro atoms. The van der Waals surface area contributed by atoms with Crippen LogP contribution in [0.4, 0.5) is 0 Å². The predicted octanol–water partition coefficient (Wildman–Crippen LogP) is 2.89. The van der Waals surface area contributed by atoms with Gasteiger partial charge in [-0.3, -0.25) is 4.79 Å². The van der Waals surface area contributed by atoms with Gasteiger partial charge in [0.15, 0.2) is 0 Å². The number of carboxylic acid groups (broad SMARTS) is 1. The molecule has 2 nitrogen and oxygen atoms in total. The third kappa shape index (κ3) is 1.89. The van der Waals surface area contributed by atoms with E-state index in [2.05, 4.69) is 25.1 Å². The fourth-order valence-electron chi connectivity index (χ4n) is 2.44. The highest BCUT2D eigenvalue weighted by Gasteiger charge is 2.40. The zero-order valence-electron chi connectivity index (χ0n) is 8.99. The third-order valence-electron chi connectivity index (χ3n) is 3.43. The predicted molar refractivity (Wildman–Crippen MR) is 59.0 cm³/mol. The SMILES string of the molecule is Cc1cccc(C2(CC(=O)O)CCC2)c1. The van der Waals surface area contributed by atoms with Crippen molar-refractivity contribution in [3.8, 4) is 0 Å². The Kier molecular flexibility index (Phi) is 2.51. The molecule has 0 radical (unpaired) electrons. The number of benzene rings is 1.